The first-order valence-electron chi connectivity index (χ1n) is 6.41. The highest BCUT2D eigenvalue weighted by molar-refractivity contribution is 7.84. The first-order chi connectivity index (χ1) is 7.63. The molecule has 3 atom stereocenters. The van der Waals surface area contributed by atoms with E-state index in [9.17, 15) is 4.21 Å². The van der Waals surface area contributed by atoms with Crippen LogP contribution in [0.25, 0.3) is 0 Å². The van der Waals surface area contributed by atoms with Gasteiger partial charge in [0.05, 0.1) is 0 Å². The summed E-state index contributed by atoms with van der Waals surface area (Å²) in [5.74, 6) is 0.817. The molecule has 0 bridgehead atoms. The van der Waals surface area contributed by atoms with Crippen molar-refractivity contribution >= 4 is 10.8 Å². The Hall–Kier alpha value is 0.0700. The van der Waals surface area contributed by atoms with E-state index in [0.717, 1.165) is 25.4 Å². The van der Waals surface area contributed by atoms with E-state index in [-0.39, 0.29) is 0 Å². The zero-order chi connectivity index (χ0) is 12.0. The van der Waals surface area contributed by atoms with Crippen LogP contribution in [0.15, 0.2) is 0 Å². The highest BCUT2D eigenvalue weighted by Crippen LogP contribution is 2.16. The van der Waals surface area contributed by atoms with Crippen LogP contribution < -0.4 is 5.32 Å². The quantitative estimate of drug-likeness (QED) is 0.765. The van der Waals surface area contributed by atoms with Gasteiger partial charge in [-0.15, -0.1) is 0 Å². The lowest BCUT2D eigenvalue weighted by molar-refractivity contribution is 0.144. The van der Waals surface area contributed by atoms with Crippen molar-refractivity contribution in [3.63, 3.8) is 0 Å². The molecule has 0 saturated carbocycles. The summed E-state index contributed by atoms with van der Waals surface area (Å²) in [5, 5.41) is 3.60. The molecule has 3 nitrogen and oxygen atoms in total. The number of likely N-dealkylation sites (tertiary alicyclic amines) is 1. The topological polar surface area (TPSA) is 32.3 Å². The van der Waals surface area contributed by atoms with Gasteiger partial charge in [0, 0.05) is 41.4 Å². The van der Waals surface area contributed by atoms with Crippen molar-refractivity contribution in [1.29, 1.82) is 0 Å². The molecule has 0 aromatic rings. The van der Waals surface area contributed by atoms with E-state index in [0.29, 0.717) is 12.1 Å². The summed E-state index contributed by atoms with van der Waals surface area (Å²) in [5.41, 5.74) is 0. The van der Waals surface area contributed by atoms with Gasteiger partial charge in [-0.2, -0.15) is 0 Å². The van der Waals surface area contributed by atoms with Gasteiger partial charge in [0.2, 0.25) is 0 Å². The fourth-order valence-corrected chi connectivity index (χ4v) is 2.82. The van der Waals surface area contributed by atoms with Crippen LogP contribution in [0.1, 0.15) is 33.1 Å². The van der Waals surface area contributed by atoms with Crippen molar-refractivity contribution in [2.45, 2.75) is 45.2 Å². The smallest absolute Gasteiger partial charge is 0.0359 e. The van der Waals surface area contributed by atoms with E-state index in [1.54, 1.807) is 6.26 Å². The molecule has 0 aliphatic carbocycles. The Labute approximate surface area is 102 Å². The Morgan fingerprint density at radius 3 is 2.81 bits per heavy atom. The number of piperidine rings is 1. The van der Waals surface area contributed by atoms with Gasteiger partial charge in [-0.25, -0.2) is 0 Å². The highest BCUT2D eigenvalue weighted by atomic mass is 32.2. The van der Waals surface area contributed by atoms with Crippen LogP contribution in [0.3, 0.4) is 0 Å². The van der Waals surface area contributed by atoms with Gasteiger partial charge >= 0.3 is 0 Å². The molecular weight excluding hydrogens is 220 g/mol. The molecule has 0 radical (unpaired) electrons. The van der Waals surface area contributed by atoms with Crippen LogP contribution in [0.2, 0.25) is 0 Å². The molecule has 16 heavy (non-hydrogen) atoms. The third-order valence-corrected chi connectivity index (χ3v) is 4.12. The Kier molecular flexibility index (Phi) is 6.54. The average molecular weight is 246 g/mol. The van der Waals surface area contributed by atoms with E-state index in [2.05, 4.69) is 24.1 Å². The molecule has 1 heterocycles. The van der Waals surface area contributed by atoms with Gasteiger partial charge in [0.15, 0.2) is 0 Å². The summed E-state index contributed by atoms with van der Waals surface area (Å²) in [6.07, 6.45) is 5.47. The monoisotopic (exact) mass is 246 g/mol. The molecule has 4 heteroatoms. The summed E-state index contributed by atoms with van der Waals surface area (Å²) in [6.45, 7) is 7.78. The van der Waals surface area contributed by atoms with Crippen molar-refractivity contribution in [3.8, 4) is 0 Å². The zero-order valence-electron chi connectivity index (χ0n) is 10.9. The fraction of sp³-hybridized carbons (Fsp3) is 1.00. The predicted octanol–water partition coefficient (Wildman–Crippen LogP) is 1.22. The molecule has 0 spiro atoms. The Morgan fingerprint density at radius 2 is 2.25 bits per heavy atom. The van der Waals surface area contributed by atoms with Crippen LogP contribution in [0.4, 0.5) is 0 Å². The van der Waals surface area contributed by atoms with Gasteiger partial charge in [-0.1, -0.05) is 6.92 Å². The molecule has 3 unspecified atom stereocenters. The number of hydrogen-bond acceptors (Lipinski definition) is 3. The SMILES string of the molecule is CCCNC1CCN(CCS(C)=O)C(C)C1. The second kappa shape index (κ2) is 7.41. The second-order valence-electron chi connectivity index (χ2n) is 4.84. The van der Waals surface area contributed by atoms with Gasteiger partial charge in [-0.05, 0) is 39.3 Å². The fourth-order valence-electron chi connectivity index (χ4n) is 2.33. The lowest BCUT2D eigenvalue weighted by atomic mass is 9.98. The molecule has 1 saturated heterocycles. The molecule has 1 fully saturated rings. The molecule has 0 aromatic heterocycles. The number of rotatable bonds is 6. The molecule has 0 aromatic carbocycles. The predicted molar refractivity (Wildman–Crippen MR) is 71.3 cm³/mol. The minimum absolute atomic E-state index is 0.631. The van der Waals surface area contributed by atoms with Gasteiger partial charge in [-0.3, -0.25) is 9.11 Å². The van der Waals surface area contributed by atoms with E-state index in [1.165, 1.54) is 19.3 Å². The van der Waals surface area contributed by atoms with Gasteiger partial charge in [0.1, 0.15) is 0 Å². The minimum atomic E-state index is -0.653. The zero-order valence-corrected chi connectivity index (χ0v) is 11.7. The third kappa shape index (κ3) is 4.93. The maximum Gasteiger partial charge on any atom is 0.0359 e. The van der Waals surface area contributed by atoms with Crippen LogP contribution in [-0.4, -0.2) is 52.8 Å². The van der Waals surface area contributed by atoms with E-state index < -0.39 is 10.8 Å². The standard InChI is InChI=1S/C12H26N2OS/c1-4-6-13-12-5-7-14(11(2)10-12)8-9-16(3)15/h11-13H,4-10H2,1-3H3. The maximum atomic E-state index is 11.1. The highest BCUT2D eigenvalue weighted by Gasteiger charge is 2.24. The minimum Gasteiger partial charge on any atom is -0.314 e. The van der Waals surface area contributed by atoms with Crippen molar-refractivity contribution in [2.75, 3.05) is 31.6 Å². The number of hydrogen-bond donors (Lipinski definition) is 1. The summed E-state index contributed by atoms with van der Waals surface area (Å²) in [7, 11) is -0.653. The lowest BCUT2D eigenvalue weighted by Gasteiger charge is -2.38. The maximum absolute atomic E-state index is 11.1. The molecule has 1 aliphatic rings. The van der Waals surface area contributed by atoms with Crippen LogP contribution in [0.5, 0.6) is 0 Å². The summed E-state index contributed by atoms with van der Waals surface area (Å²) in [4.78, 5) is 2.48. The molecule has 1 rings (SSSR count). The Morgan fingerprint density at radius 1 is 1.50 bits per heavy atom. The van der Waals surface area contributed by atoms with E-state index >= 15 is 0 Å². The van der Waals surface area contributed by atoms with Crippen molar-refractivity contribution < 1.29 is 4.21 Å². The van der Waals surface area contributed by atoms with Gasteiger partial charge in [0.25, 0.3) is 0 Å². The molecule has 0 amide bonds. The van der Waals surface area contributed by atoms with Crippen LogP contribution in [-0.2, 0) is 10.8 Å². The van der Waals surface area contributed by atoms with E-state index in [4.69, 9.17) is 0 Å². The second-order valence-corrected chi connectivity index (χ2v) is 6.39. The molecule has 96 valence electrons. The number of nitrogens with zero attached hydrogens (tertiary/aromatic N) is 1. The van der Waals surface area contributed by atoms with Crippen molar-refractivity contribution in [2.24, 2.45) is 0 Å². The first kappa shape index (κ1) is 14.1. The largest absolute Gasteiger partial charge is 0.314 e. The molecule has 1 aliphatic heterocycles. The number of nitrogens with one attached hydrogen (secondary N) is 1. The van der Waals surface area contributed by atoms with Gasteiger partial charge < -0.3 is 5.32 Å². The normalized spacial score (nSPS) is 29.2. The Bertz CT molecular complexity index is 223. The first-order valence-corrected chi connectivity index (χ1v) is 8.13. The van der Waals surface area contributed by atoms with Crippen molar-refractivity contribution in [1.82, 2.24) is 10.2 Å². The average Bonchev–Trinajstić information content (AvgIpc) is 2.24. The third-order valence-electron chi connectivity index (χ3n) is 3.36. The van der Waals surface area contributed by atoms with Crippen molar-refractivity contribution in [3.05, 3.63) is 0 Å². The molecular formula is C12H26N2OS. The summed E-state index contributed by atoms with van der Waals surface area (Å²) in [6, 6.07) is 1.32. The summed E-state index contributed by atoms with van der Waals surface area (Å²) >= 11 is 0. The van der Waals surface area contributed by atoms with Crippen LogP contribution >= 0.6 is 0 Å². The Balaban J connectivity index is 2.25. The lowest BCUT2D eigenvalue weighted by Crippen LogP contribution is -2.48. The van der Waals surface area contributed by atoms with E-state index in [1.807, 2.05) is 0 Å². The van der Waals surface area contributed by atoms with Crippen LogP contribution in [0, 0.1) is 0 Å². The summed E-state index contributed by atoms with van der Waals surface area (Å²) < 4.78 is 11.1. The molecule has 1 N–H and O–H groups in total.